The number of benzene rings is 1. The van der Waals surface area contributed by atoms with E-state index in [4.69, 9.17) is 0 Å². The SMILES string of the molecule is O=C(c1n[nH]c(=O)c2ccccc12)N1CCCCC1Cn1cccn1. The largest absolute Gasteiger partial charge is 0.332 e. The maximum absolute atomic E-state index is 13.2. The van der Waals surface area contributed by atoms with E-state index in [1.165, 1.54) is 0 Å². The molecule has 0 spiro atoms. The first kappa shape index (κ1) is 15.6. The van der Waals surface area contributed by atoms with E-state index in [9.17, 15) is 9.59 Å². The summed E-state index contributed by atoms with van der Waals surface area (Å²) in [5.74, 6) is -0.135. The Morgan fingerprint density at radius 3 is 2.84 bits per heavy atom. The molecule has 128 valence electrons. The molecule has 0 bridgehead atoms. The van der Waals surface area contributed by atoms with E-state index in [-0.39, 0.29) is 17.5 Å². The van der Waals surface area contributed by atoms with Gasteiger partial charge < -0.3 is 4.90 Å². The molecular weight excluding hydrogens is 318 g/mol. The van der Waals surface area contributed by atoms with Gasteiger partial charge in [-0.05, 0) is 31.4 Å². The zero-order chi connectivity index (χ0) is 17.2. The van der Waals surface area contributed by atoms with E-state index in [1.54, 1.807) is 24.4 Å². The van der Waals surface area contributed by atoms with Crippen LogP contribution in [0, 0.1) is 0 Å². The van der Waals surface area contributed by atoms with Crippen LogP contribution in [0.1, 0.15) is 29.8 Å². The van der Waals surface area contributed by atoms with E-state index >= 15 is 0 Å². The molecule has 0 radical (unpaired) electrons. The first-order chi connectivity index (χ1) is 12.2. The molecule has 1 N–H and O–H groups in total. The average molecular weight is 337 g/mol. The van der Waals surface area contributed by atoms with Crippen molar-refractivity contribution in [2.75, 3.05) is 6.54 Å². The summed E-state index contributed by atoms with van der Waals surface area (Å²) in [5.41, 5.74) is 0.0291. The second-order valence-corrected chi connectivity index (χ2v) is 6.32. The molecule has 25 heavy (non-hydrogen) atoms. The van der Waals surface area contributed by atoms with Crippen molar-refractivity contribution in [1.82, 2.24) is 24.9 Å². The fourth-order valence-electron chi connectivity index (χ4n) is 3.50. The van der Waals surface area contributed by atoms with Gasteiger partial charge in [0.05, 0.1) is 18.0 Å². The third-order valence-corrected chi connectivity index (χ3v) is 4.74. The third kappa shape index (κ3) is 2.93. The minimum absolute atomic E-state index is 0.0774. The van der Waals surface area contributed by atoms with Gasteiger partial charge in [-0.2, -0.15) is 10.2 Å². The van der Waals surface area contributed by atoms with Crippen molar-refractivity contribution in [3.8, 4) is 0 Å². The number of H-pyrrole nitrogens is 1. The Balaban J connectivity index is 1.69. The topological polar surface area (TPSA) is 83.9 Å². The lowest BCUT2D eigenvalue weighted by atomic mass is 10.0. The molecule has 0 aliphatic carbocycles. The number of fused-ring (bicyclic) bond motifs is 1. The lowest BCUT2D eigenvalue weighted by molar-refractivity contribution is 0.0579. The van der Waals surface area contributed by atoms with Crippen LogP contribution in [0.3, 0.4) is 0 Å². The van der Waals surface area contributed by atoms with Crippen LogP contribution >= 0.6 is 0 Å². The Kier molecular flexibility index (Phi) is 4.05. The quantitative estimate of drug-likeness (QED) is 0.790. The van der Waals surface area contributed by atoms with Crippen LogP contribution < -0.4 is 5.56 Å². The molecule has 2 aromatic heterocycles. The van der Waals surface area contributed by atoms with Crippen LogP contribution in [0.4, 0.5) is 0 Å². The zero-order valence-electron chi connectivity index (χ0n) is 13.8. The number of piperidine rings is 1. The number of carbonyl (C=O) groups is 1. The molecule has 3 heterocycles. The van der Waals surface area contributed by atoms with E-state index in [0.717, 1.165) is 19.3 Å². The highest BCUT2D eigenvalue weighted by atomic mass is 16.2. The maximum Gasteiger partial charge on any atom is 0.275 e. The number of nitrogens with zero attached hydrogens (tertiary/aromatic N) is 4. The molecule has 1 aliphatic rings. The number of hydrogen-bond acceptors (Lipinski definition) is 4. The van der Waals surface area contributed by atoms with Gasteiger partial charge in [-0.15, -0.1) is 0 Å². The van der Waals surface area contributed by atoms with Gasteiger partial charge in [0.1, 0.15) is 0 Å². The summed E-state index contributed by atoms with van der Waals surface area (Å²) in [6.07, 6.45) is 6.65. The summed E-state index contributed by atoms with van der Waals surface area (Å²) >= 11 is 0. The van der Waals surface area contributed by atoms with E-state index in [1.807, 2.05) is 27.9 Å². The molecule has 1 aliphatic heterocycles. The molecule has 7 nitrogen and oxygen atoms in total. The summed E-state index contributed by atoms with van der Waals surface area (Å²) < 4.78 is 1.86. The summed E-state index contributed by atoms with van der Waals surface area (Å²) in [6.45, 7) is 1.36. The van der Waals surface area contributed by atoms with Crippen molar-refractivity contribution >= 4 is 16.7 Å². The summed E-state index contributed by atoms with van der Waals surface area (Å²) in [4.78, 5) is 27.0. The molecular formula is C18H19N5O2. The lowest BCUT2D eigenvalue weighted by Gasteiger charge is -2.35. The number of rotatable bonds is 3. The Bertz CT molecular complexity index is 948. The van der Waals surface area contributed by atoms with E-state index in [2.05, 4.69) is 15.3 Å². The number of hydrogen-bond donors (Lipinski definition) is 1. The molecule has 3 aromatic rings. The fraction of sp³-hybridized carbons (Fsp3) is 0.333. The molecule has 1 amide bonds. The van der Waals surface area contributed by atoms with Crippen LogP contribution in [0.15, 0.2) is 47.5 Å². The molecule has 1 unspecified atom stereocenters. The van der Waals surface area contributed by atoms with Gasteiger partial charge in [0.2, 0.25) is 0 Å². The Morgan fingerprint density at radius 2 is 2.04 bits per heavy atom. The first-order valence-electron chi connectivity index (χ1n) is 8.50. The maximum atomic E-state index is 13.2. The van der Waals surface area contributed by atoms with E-state index in [0.29, 0.717) is 29.6 Å². The Morgan fingerprint density at radius 1 is 1.20 bits per heavy atom. The summed E-state index contributed by atoms with van der Waals surface area (Å²) in [6, 6.07) is 9.05. The minimum atomic E-state index is -0.279. The highest BCUT2D eigenvalue weighted by molar-refractivity contribution is 6.04. The van der Waals surface area contributed by atoms with Gasteiger partial charge in [-0.1, -0.05) is 18.2 Å². The highest BCUT2D eigenvalue weighted by Crippen LogP contribution is 2.22. The molecule has 1 saturated heterocycles. The van der Waals surface area contributed by atoms with Gasteiger partial charge >= 0.3 is 0 Å². The van der Waals surface area contributed by atoms with Gasteiger partial charge in [-0.3, -0.25) is 14.3 Å². The van der Waals surface area contributed by atoms with Gasteiger partial charge in [0, 0.05) is 24.3 Å². The predicted octanol–water partition coefficient (Wildman–Crippen LogP) is 1.81. The third-order valence-electron chi connectivity index (χ3n) is 4.74. The van der Waals surface area contributed by atoms with Crippen molar-refractivity contribution < 1.29 is 4.79 Å². The Hall–Kier alpha value is -2.96. The molecule has 1 fully saturated rings. The van der Waals surface area contributed by atoms with E-state index < -0.39 is 0 Å². The van der Waals surface area contributed by atoms with Gasteiger partial charge in [-0.25, -0.2) is 5.10 Å². The van der Waals surface area contributed by atoms with Crippen LogP contribution in [0.5, 0.6) is 0 Å². The predicted molar refractivity (Wildman–Crippen MR) is 93.3 cm³/mol. The zero-order valence-corrected chi connectivity index (χ0v) is 13.8. The van der Waals surface area contributed by atoms with Crippen LogP contribution in [0.2, 0.25) is 0 Å². The molecule has 0 saturated carbocycles. The number of nitrogens with one attached hydrogen (secondary N) is 1. The summed E-state index contributed by atoms with van der Waals surface area (Å²) in [5, 5.41) is 11.9. The highest BCUT2D eigenvalue weighted by Gasteiger charge is 2.30. The van der Waals surface area contributed by atoms with Crippen molar-refractivity contribution in [1.29, 1.82) is 0 Å². The molecule has 7 heteroatoms. The number of aromatic amines is 1. The number of amides is 1. The smallest absolute Gasteiger partial charge is 0.275 e. The average Bonchev–Trinajstić information content (AvgIpc) is 3.15. The van der Waals surface area contributed by atoms with Crippen LogP contribution in [0.25, 0.3) is 10.8 Å². The monoisotopic (exact) mass is 337 g/mol. The van der Waals surface area contributed by atoms with Crippen LogP contribution in [-0.2, 0) is 6.54 Å². The molecule has 1 aromatic carbocycles. The lowest BCUT2D eigenvalue weighted by Crippen LogP contribution is -2.46. The molecule has 4 rings (SSSR count). The minimum Gasteiger partial charge on any atom is -0.332 e. The molecule has 1 atom stereocenters. The second-order valence-electron chi connectivity index (χ2n) is 6.32. The van der Waals surface area contributed by atoms with Crippen molar-refractivity contribution in [3.05, 3.63) is 58.8 Å². The second kappa shape index (κ2) is 6.51. The number of carbonyl (C=O) groups excluding carboxylic acids is 1. The fourth-order valence-corrected chi connectivity index (χ4v) is 3.50. The van der Waals surface area contributed by atoms with Crippen LogP contribution in [-0.4, -0.2) is 43.4 Å². The van der Waals surface area contributed by atoms with Crippen molar-refractivity contribution in [2.24, 2.45) is 0 Å². The van der Waals surface area contributed by atoms with Crippen molar-refractivity contribution in [3.63, 3.8) is 0 Å². The number of aromatic nitrogens is 4. The van der Waals surface area contributed by atoms with Crippen molar-refractivity contribution in [2.45, 2.75) is 31.8 Å². The first-order valence-corrected chi connectivity index (χ1v) is 8.50. The van der Waals surface area contributed by atoms with Gasteiger partial charge in [0.25, 0.3) is 11.5 Å². The normalized spacial score (nSPS) is 17.8. The number of likely N-dealkylation sites (tertiary alicyclic amines) is 1. The summed E-state index contributed by atoms with van der Waals surface area (Å²) in [7, 11) is 0. The standard InChI is InChI=1S/C18H19N5O2/c24-17-15-8-2-1-7-14(15)16(20-21-17)18(25)23-11-4-3-6-13(23)12-22-10-5-9-19-22/h1-2,5,7-10,13H,3-4,6,11-12H2,(H,21,24). The van der Waals surface area contributed by atoms with Gasteiger partial charge in [0.15, 0.2) is 5.69 Å². The Labute approximate surface area is 144 Å².